The van der Waals surface area contributed by atoms with Crippen LogP contribution in [0.4, 0.5) is 5.95 Å². The molecule has 2 aliphatic rings. The number of likely N-dealkylation sites (tertiary alicyclic amines) is 1. The summed E-state index contributed by atoms with van der Waals surface area (Å²) in [6.07, 6.45) is 9.34. The van der Waals surface area contributed by atoms with E-state index < -0.39 is 6.10 Å². The summed E-state index contributed by atoms with van der Waals surface area (Å²) >= 11 is 0. The smallest absolute Gasteiger partial charge is 0.223 e. The monoisotopic (exact) mass is 507 g/mol. The highest BCUT2D eigenvalue weighted by atomic mass is 16.3. The fourth-order valence-electron chi connectivity index (χ4n) is 5.52. The van der Waals surface area contributed by atoms with E-state index in [0.717, 1.165) is 48.4 Å². The van der Waals surface area contributed by atoms with Crippen molar-refractivity contribution in [3.63, 3.8) is 0 Å². The highest BCUT2D eigenvalue weighted by Crippen LogP contribution is 2.42. The maximum absolute atomic E-state index is 10.9. The first-order chi connectivity index (χ1) is 18.5. The molecule has 1 saturated heterocycles. The van der Waals surface area contributed by atoms with Crippen molar-refractivity contribution in [1.29, 1.82) is 5.26 Å². The van der Waals surface area contributed by atoms with E-state index >= 15 is 0 Å². The summed E-state index contributed by atoms with van der Waals surface area (Å²) in [6.45, 7) is 4.12. The van der Waals surface area contributed by atoms with Gasteiger partial charge in [0, 0.05) is 6.20 Å². The average molecular weight is 508 g/mol. The van der Waals surface area contributed by atoms with Crippen LogP contribution in [-0.4, -0.2) is 49.5 Å². The fourth-order valence-corrected chi connectivity index (χ4v) is 5.52. The predicted molar refractivity (Wildman–Crippen MR) is 147 cm³/mol. The fraction of sp³-hybridized carbons (Fsp3) is 0.400. The molecule has 38 heavy (non-hydrogen) atoms. The number of hydrogen-bond donors (Lipinski definition) is 2. The van der Waals surface area contributed by atoms with Gasteiger partial charge >= 0.3 is 0 Å². The Kier molecular flexibility index (Phi) is 6.56. The maximum Gasteiger partial charge on any atom is 0.223 e. The second-order valence-electron chi connectivity index (χ2n) is 10.8. The summed E-state index contributed by atoms with van der Waals surface area (Å²) in [6, 6.07) is 14.5. The molecule has 6 rings (SSSR count). The molecule has 2 N–H and O–H groups in total. The first-order valence-electron chi connectivity index (χ1n) is 13.5. The molecule has 2 atom stereocenters. The Morgan fingerprint density at radius 1 is 1.03 bits per heavy atom. The van der Waals surface area contributed by atoms with Gasteiger partial charge in [-0.1, -0.05) is 30.3 Å². The van der Waals surface area contributed by atoms with E-state index in [9.17, 15) is 10.4 Å². The Labute approximate surface area is 223 Å². The third-order valence-corrected chi connectivity index (χ3v) is 8.07. The van der Waals surface area contributed by atoms with Gasteiger partial charge in [0.15, 0.2) is 0 Å². The van der Waals surface area contributed by atoms with Crippen molar-refractivity contribution in [2.24, 2.45) is 5.92 Å². The molecule has 194 valence electrons. The van der Waals surface area contributed by atoms with Crippen molar-refractivity contribution in [2.75, 3.05) is 25.5 Å². The second kappa shape index (κ2) is 10.2. The van der Waals surface area contributed by atoms with E-state index in [1.807, 2.05) is 28.8 Å². The first-order valence-corrected chi connectivity index (χ1v) is 13.5. The lowest BCUT2D eigenvalue weighted by atomic mass is 9.87. The zero-order valence-corrected chi connectivity index (χ0v) is 21.9. The number of aliphatic hydroxyl groups excluding tert-OH is 1. The standard InChI is InChI=1S/C30H33N7O/c1-19(20-5-9-22(10-6-20)28(38)23-11-14-36(2)15-12-23)34-30-33-17-24(16-31)27(35-30)26-18-32-29-25(21-7-8-21)4-3-13-37(26)29/h3-6,9-10,13,17-19,21,23,28,38H,7-8,11-12,14-15H2,1-2H3,(H,33,34,35). The van der Waals surface area contributed by atoms with E-state index in [4.69, 9.17) is 4.98 Å². The highest BCUT2D eigenvalue weighted by Gasteiger charge is 2.27. The molecular weight excluding hydrogens is 474 g/mol. The largest absolute Gasteiger partial charge is 0.388 e. The maximum atomic E-state index is 10.9. The highest BCUT2D eigenvalue weighted by molar-refractivity contribution is 5.68. The Morgan fingerprint density at radius 2 is 1.76 bits per heavy atom. The Bertz CT molecular complexity index is 1480. The van der Waals surface area contributed by atoms with Crippen LogP contribution in [0.1, 0.15) is 72.9 Å². The van der Waals surface area contributed by atoms with Crippen molar-refractivity contribution >= 4 is 11.6 Å². The van der Waals surface area contributed by atoms with Crippen LogP contribution in [0.3, 0.4) is 0 Å². The van der Waals surface area contributed by atoms with Crippen molar-refractivity contribution < 1.29 is 5.11 Å². The van der Waals surface area contributed by atoms with Gasteiger partial charge in [0.1, 0.15) is 17.4 Å². The van der Waals surface area contributed by atoms with Gasteiger partial charge in [-0.2, -0.15) is 5.26 Å². The van der Waals surface area contributed by atoms with E-state index in [1.165, 1.54) is 18.4 Å². The van der Waals surface area contributed by atoms with E-state index in [-0.39, 0.29) is 6.04 Å². The molecule has 3 aromatic heterocycles. The minimum absolute atomic E-state index is 0.0611. The summed E-state index contributed by atoms with van der Waals surface area (Å²) in [4.78, 5) is 16.2. The Hall–Kier alpha value is -3.80. The number of nitriles is 1. The van der Waals surface area contributed by atoms with Crippen LogP contribution in [0.2, 0.25) is 0 Å². The van der Waals surface area contributed by atoms with E-state index in [1.54, 1.807) is 12.4 Å². The number of rotatable bonds is 7. The van der Waals surface area contributed by atoms with Crippen LogP contribution >= 0.6 is 0 Å². The molecule has 1 aromatic carbocycles. The minimum atomic E-state index is -0.434. The number of imidazole rings is 1. The SMILES string of the molecule is CC(Nc1ncc(C#N)c(-c2cnc3c(C4CC4)cccn23)n1)c1ccc(C(O)C2CCN(C)CC2)cc1. The molecule has 4 aromatic rings. The van der Waals surface area contributed by atoms with Gasteiger partial charge in [-0.3, -0.25) is 4.40 Å². The lowest BCUT2D eigenvalue weighted by Crippen LogP contribution is -2.32. The summed E-state index contributed by atoms with van der Waals surface area (Å²) in [7, 11) is 2.13. The van der Waals surface area contributed by atoms with Gasteiger partial charge < -0.3 is 15.3 Å². The second-order valence-corrected chi connectivity index (χ2v) is 10.8. The van der Waals surface area contributed by atoms with Crippen LogP contribution < -0.4 is 5.32 Å². The van der Waals surface area contributed by atoms with Crippen molar-refractivity contribution in [3.05, 3.63) is 77.2 Å². The zero-order valence-electron chi connectivity index (χ0n) is 21.9. The summed E-state index contributed by atoms with van der Waals surface area (Å²) in [5.74, 6) is 1.33. The number of benzene rings is 1. The molecule has 2 fully saturated rings. The molecule has 2 unspecified atom stereocenters. The van der Waals surface area contributed by atoms with E-state index in [0.29, 0.717) is 29.0 Å². The number of piperidine rings is 1. The average Bonchev–Trinajstić information content (AvgIpc) is 3.71. The number of hydrogen-bond acceptors (Lipinski definition) is 7. The number of nitrogens with zero attached hydrogens (tertiary/aromatic N) is 6. The number of pyridine rings is 1. The quantitative estimate of drug-likeness (QED) is 0.359. The van der Waals surface area contributed by atoms with Crippen molar-refractivity contribution in [1.82, 2.24) is 24.3 Å². The summed E-state index contributed by atoms with van der Waals surface area (Å²) in [5.41, 5.74) is 5.97. The third kappa shape index (κ3) is 4.75. The van der Waals surface area contributed by atoms with Crippen LogP contribution in [0.25, 0.3) is 17.0 Å². The van der Waals surface area contributed by atoms with Crippen LogP contribution in [0.5, 0.6) is 0 Å². The Morgan fingerprint density at radius 3 is 2.47 bits per heavy atom. The predicted octanol–water partition coefficient (Wildman–Crippen LogP) is 5.09. The number of fused-ring (bicyclic) bond motifs is 1. The van der Waals surface area contributed by atoms with E-state index in [2.05, 4.69) is 58.4 Å². The molecule has 8 nitrogen and oxygen atoms in total. The molecule has 8 heteroatoms. The van der Waals surface area contributed by atoms with Gasteiger partial charge in [0.25, 0.3) is 0 Å². The summed E-state index contributed by atoms with van der Waals surface area (Å²) < 4.78 is 2.03. The number of anilines is 1. The number of nitrogens with one attached hydrogen (secondary N) is 1. The molecule has 1 saturated carbocycles. The first kappa shape index (κ1) is 24.5. The van der Waals surface area contributed by atoms with Gasteiger partial charge in [0.2, 0.25) is 5.95 Å². The van der Waals surface area contributed by atoms with Gasteiger partial charge in [-0.15, -0.1) is 0 Å². The minimum Gasteiger partial charge on any atom is -0.388 e. The third-order valence-electron chi connectivity index (χ3n) is 8.07. The molecule has 4 heterocycles. The lowest BCUT2D eigenvalue weighted by Gasteiger charge is -2.32. The molecule has 0 radical (unpaired) electrons. The zero-order chi connectivity index (χ0) is 26.2. The molecular formula is C30H33N7O. The van der Waals surface area contributed by atoms with Gasteiger partial charge in [-0.25, -0.2) is 15.0 Å². The van der Waals surface area contributed by atoms with Crippen molar-refractivity contribution in [3.8, 4) is 17.5 Å². The summed E-state index contributed by atoms with van der Waals surface area (Å²) in [5, 5.41) is 24.1. The molecule has 1 aliphatic heterocycles. The van der Waals surface area contributed by atoms with Crippen LogP contribution in [0.15, 0.2) is 55.0 Å². The molecule has 1 aliphatic carbocycles. The van der Waals surface area contributed by atoms with Crippen LogP contribution in [-0.2, 0) is 0 Å². The number of aromatic nitrogens is 4. The lowest BCUT2D eigenvalue weighted by molar-refractivity contribution is 0.0657. The molecule has 0 amide bonds. The van der Waals surface area contributed by atoms with Gasteiger partial charge in [0.05, 0.1) is 35.8 Å². The molecule has 0 bridgehead atoms. The van der Waals surface area contributed by atoms with Crippen LogP contribution in [0, 0.1) is 17.2 Å². The normalized spacial score (nSPS) is 18.3. The molecule has 0 spiro atoms. The number of aliphatic hydroxyl groups is 1. The topological polar surface area (TPSA) is 102 Å². The van der Waals surface area contributed by atoms with Crippen molar-refractivity contribution in [2.45, 2.75) is 50.7 Å². The van der Waals surface area contributed by atoms with Gasteiger partial charge in [-0.05, 0) is 87.3 Å². The Balaban J connectivity index is 1.21.